The fourth-order valence-electron chi connectivity index (χ4n) is 1.28. The number of benzene rings is 1. The van der Waals surface area contributed by atoms with Gasteiger partial charge in [0.15, 0.2) is 0 Å². The Hall–Kier alpha value is -0.600. The summed E-state index contributed by atoms with van der Waals surface area (Å²) in [6.07, 6.45) is 1.75. The van der Waals surface area contributed by atoms with Gasteiger partial charge < -0.3 is 0 Å². The van der Waals surface area contributed by atoms with Gasteiger partial charge in [0.05, 0.1) is 10.5 Å². The van der Waals surface area contributed by atoms with Crippen molar-refractivity contribution in [3.8, 4) is 0 Å². The molecule has 13 heavy (non-hydrogen) atoms. The molecule has 0 aliphatic heterocycles. The van der Waals surface area contributed by atoms with E-state index in [1.807, 2.05) is 18.2 Å². The highest BCUT2D eigenvalue weighted by atomic mass is 79.9. The van der Waals surface area contributed by atoms with Crippen molar-refractivity contribution in [3.05, 3.63) is 41.0 Å². The minimum absolute atomic E-state index is 0.715. The fraction of sp³-hybridized carbons (Fsp3) is 0.100. The molecular weight excluding hydrogens is 249 g/mol. The molecule has 3 heteroatoms. The smallest absolute Gasteiger partial charge is 0.0888 e. The van der Waals surface area contributed by atoms with Gasteiger partial charge in [-0.25, -0.2) is 0 Å². The Morgan fingerprint density at radius 2 is 2.23 bits per heavy atom. The lowest BCUT2D eigenvalue weighted by atomic mass is 10.1. The molecule has 2 aromatic rings. The molecule has 0 saturated carbocycles. The van der Waals surface area contributed by atoms with Gasteiger partial charge in [0.25, 0.3) is 0 Å². The molecular formula is C10H7BrClN. The molecule has 0 atom stereocenters. The van der Waals surface area contributed by atoms with E-state index in [0.717, 1.165) is 16.2 Å². The normalized spacial score (nSPS) is 10.6. The molecule has 1 aromatic carbocycles. The summed E-state index contributed by atoms with van der Waals surface area (Å²) in [4.78, 5) is 4.21. The number of rotatable bonds is 1. The maximum Gasteiger partial charge on any atom is 0.0888 e. The van der Waals surface area contributed by atoms with E-state index in [4.69, 9.17) is 11.6 Å². The number of fused-ring (bicyclic) bond motifs is 1. The lowest BCUT2D eigenvalue weighted by molar-refractivity contribution is 1.39. The van der Waals surface area contributed by atoms with Crippen molar-refractivity contribution in [2.75, 3.05) is 0 Å². The lowest BCUT2D eigenvalue weighted by Crippen LogP contribution is -1.83. The van der Waals surface area contributed by atoms with Gasteiger partial charge in [-0.05, 0) is 23.8 Å². The van der Waals surface area contributed by atoms with E-state index in [0.29, 0.717) is 5.02 Å². The third-order valence-corrected chi connectivity index (χ3v) is 2.81. The SMILES string of the molecule is Clc1cc(CBr)cc2cccnc12. The van der Waals surface area contributed by atoms with Crippen LogP contribution in [0, 0.1) is 0 Å². The van der Waals surface area contributed by atoms with E-state index < -0.39 is 0 Å². The minimum Gasteiger partial charge on any atom is -0.255 e. The predicted molar refractivity (Wildman–Crippen MR) is 59.4 cm³/mol. The Kier molecular flexibility index (Phi) is 2.51. The third-order valence-electron chi connectivity index (χ3n) is 1.87. The van der Waals surface area contributed by atoms with Crippen LogP contribution in [0.4, 0.5) is 0 Å². The van der Waals surface area contributed by atoms with Crippen molar-refractivity contribution in [2.45, 2.75) is 5.33 Å². The number of halogens is 2. The highest BCUT2D eigenvalue weighted by Gasteiger charge is 2.01. The number of hydrogen-bond donors (Lipinski definition) is 0. The van der Waals surface area contributed by atoms with Gasteiger partial charge in [-0.2, -0.15) is 0 Å². The van der Waals surface area contributed by atoms with Gasteiger partial charge in [0.2, 0.25) is 0 Å². The predicted octanol–water partition coefficient (Wildman–Crippen LogP) is 3.78. The van der Waals surface area contributed by atoms with Gasteiger partial charge in [-0.15, -0.1) is 0 Å². The van der Waals surface area contributed by atoms with Gasteiger partial charge in [-0.1, -0.05) is 33.6 Å². The number of alkyl halides is 1. The van der Waals surface area contributed by atoms with Crippen LogP contribution in [0.3, 0.4) is 0 Å². The van der Waals surface area contributed by atoms with Crippen molar-refractivity contribution in [1.82, 2.24) is 4.98 Å². The fourth-order valence-corrected chi connectivity index (χ4v) is 1.91. The van der Waals surface area contributed by atoms with E-state index in [1.165, 1.54) is 5.56 Å². The molecule has 1 aromatic heterocycles. The third kappa shape index (κ3) is 1.69. The van der Waals surface area contributed by atoms with Crippen LogP contribution in [-0.2, 0) is 5.33 Å². The van der Waals surface area contributed by atoms with Crippen molar-refractivity contribution >= 4 is 38.4 Å². The summed E-state index contributed by atoms with van der Waals surface area (Å²) in [7, 11) is 0. The summed E-state index contributed by atoms with van der Waals surface area (Å²) in [5.74, 6) is 0. The highest BCUT2D eigenvalue weighted by Crippen LogP contribution is 2.24. The number of aromatic nitrogens is 1. The average Bonchev–Trinajstić information content (AvgIpc) is 2.18. The van der Waals surface area contributed by atoms with Crippen molar-refractivity contribution in [1.29, 1.82) is 0 Å². The first-order valence-electron chi connectivity index (χ1n) is 3.90. The van der Waals surface area contributed by atoms with Crippen LogP contribution in [0.25, 0.3) is 10.9 Å². The van der Waals surface area contributed by atoms with Crippen LogP contribution < -0.4 is 0 Å². The van der Waals surface area contributed by atoms with Gasteiger partial charge >= 0.3 is 0 Å². The minimum atomic E-state index is 0.715. The second-order valence-corrected chi connectivity index (χ2v) is 3.75. The molecule has 0 bridgehead atoms. The first kappa shape index (κ1) is 8.97. The quantitative estimate of drug-likeness (QED) is 0.708. The van der Waals surface area contributed by atoms with Gasteiger partial charge in [0, 0.05) is 16.9 Å². The second kappa shape index (κ2) is 3.64. The van der Waals surface area contributed by atoms with Gasteiger partial charge in [-0.3, -0.25) is 4.98 Å². The Labute approximate surface area is 89.9 Å². The van der Waals surface area contributed by atoms with Crippen LogP contribution in [0.5, 0.6) is 0 Å². The highest BCUT2D eigenvalue weighted by molar-refractivity contribution is 9.08. The van der Waals surface area contributed by atoms with Crippen molar-refractivity contribution in [3.63, 3.8) is 0 Å². The lowest BCUT2D eigenvalue weighted by Gasteiger charge is -2.01. The number of nitrogens with zero attached hydrogens (tertiary/aromatic N) is 1. The summed E-state index contributed by atoms with van der Waals surface area (Å²) in [6.45, 7) is 0. The zero-order valence-corrected chi connectivity index (χ0v) is 9.14. The maximum absolute atomic E-state index is 6.06. The Balaban J connectivity index is 2.77. The molecule has 0 fully saturated rings. The monoisotopic (exact) mass is 255 g/mol. The first-order chi connectivity index (χ1) is 6.31. The van der Waals surface area contributed by atoms with E-state index in [-0.39, 0.29) is 0 Å². The first-order valence-corrected chi connectivity index (χ1v) is 5.40. The van der Waals surface area contributed by atoms with Gasteiger partial charge in [0.1, 0.15) is 0 Å². The van der Waals surface area contributed by atoms with E-state index >= 15 is 0 Å². The van der Waals surface area contributed by atoms with Crippen LogP contribution in [0.1, 0.15) is 5.56 Å². The van der Waals surface area contributed by atoms with Crippen LogP contribution in [0.2, 0.25) is 5.02 Å². The molecule has 0 spiro atoms. The Morgan fingerprint density at radius 1 is 1.38 bits per heavy atom. The zero-order valence-electron chi connectivity index (χ0n) is 6.80. The van der Waals surface area contributed by atoms with Crippen LogP contribution in [-0.4, -0.2) is 4.98 Å². The van der Waals surface area contributed by atoms with Crippen LogP contribution in [0.15, 0.2) is 30.5 Å². The molecule has 0 amide bonds. The summed E-state index contributed by atoms with van der Waals surface area (Å²) in [6, 6.07) is 7.95. The molecule has 1 nitrogen and oxygen atoms in total. The van der Waals surface area contributed by atoms with Crippen LogP contribution >= 0.6 is 27.5 Å². The Morgan fingerprint density at radius 3 is 3.00 bits per heavy atom. The molecule has 2 rings (SSSR count). The van der Waals surface area contributed by atoms with E-state index in [2.05, 4.69) is 27.0 Å². The topological polar surface area (TPSA) is 12.9 Å². The summed E-state index contributed by atoms with van der Waals surface area (Å²) >= 11 is 9.46. The summed E-state index contributed by atoms with van der Waals surface area (Å²) < 4.78 is 0. The molecule has 0 saturated heterocycles. The largest absolute Gasteiger partial charge is 0.255 e. The Bertz CT molecular complexity index is 442. The molecule has 1 heterocycles. The second-order valence-electron chi connectivity index (χ2n) is 2.79. The molecule has 66 valence electrons. The molecule has 0 radical (unpaired) electrons. The zero-order chi connectivity index (χ0) is 9.26. The van der Waals surface area contributed by atoms with Crippen molar-refractivity contribution < 1.29 is 0 Å². The average molecular weight is 257 g/mol. The maximum atomic E-state index is 6.06. The van der Waals surface area contributed by atoms with Crippen molar-refractivity contribution in [2.24, 2.45) is 0 Å². The van der Waals surface area contributed by atoms with E-state index in [9.17, 15) is 0 Å². The molecule has 0 aliphatic rings. The standard InChI is InChI=1S/C10H7BrClN/c11-6-7-4-8-2-1-3-13-10(8)9(12)5-7/h1-5H,6H2. The number of pyridine rings is 1. The summed E-state index contributed by atoms with van der Waals surface area (Å²) in [5.41, 5.74) is 2.04. The molecule has 0 unspecified atom stereocenters. The number of hydrogen-bond acceptors (Lipinski definition) is 1. The summed E-state index contributed by atoms with van der Waals surface area (Å²) in [5, 5.41) is 2.62. The molecule has 0 aliphatic carbocycles. The molecule has 0 N–H and O–H groups in total. The van der Waals surface area contributed by atoms with E-state index in [1.54, 1.807) is 6.20 Å².